The van der Waals surface area contributed by atoms with Gasteiger partial charge in [-0.05, 0) is 51.8 Å². The highest BCUT2D eigenvalue weighted by molar-refractivity contribution is 5.86. The molecule has 1 amide bonds. The maximum Gasteiger partial charge on any atom is 0.412 e. The molecule has 0 spiro atoms. The van der Waals surface area contributed by atoms with Gasteiger partial charge in [0.15, 0.2) is 0 Å². The van der Waals surface area contributed by atoms with Gasteiger partial charge < -0.3 is 14.9 Å². The number of anilines is 1. The molecule has 0 aliphatic rings. The lowest BCUT2D eigenvalue weighted by atomic mass is 10.1. The van der Waals surface area contributed by atoms with Gasteiger partial charge in [0.1, 0.15) is 11.4 Å². The topological polar surface area (TPSA) is 78.8 Å². The van der Waals surface area contributed by atoms with Crippen LogP contribution in [0, 0.1) is 0 Å². The Bertz CT molecular complexity index is 449. The Labute approximate surface area is 113 Å². The van der Waals surface area contributed by atoms with E-state index in [0.717, 1.165) is 5.56 Å². The van der Waals surface area contributed by atoms with Crippen LogP contribution >= 0.6 is 0 Å². The Kier molecular flexibility index (Phi) is 4.78. The Balaban J connectivity index is 2.72. The molecule has 106 valence electrons. The fraction of sp³-hybridized carbons (Fsp3) is 0.500. The first-order chi connectivity index (χ1) is 8.67. The second kappa shape index (κ2) is 5.93. The standard InChI is InChI=1S/C14H21NO4/c1-9(16)7-10-5-6-11(12(17)8-10)15-13(18)19-14(2,3)4/h5-6,8-9,16-17H,7H2,1-4H3,(H,15,18). The molecule has 0 bridgehead atoms. The number of benzene rings is 1. The maximum absolute atomic E-state index is 11.6. The predicted molar refractivity (Wildman–Crippen MR) is 73.3 cm³/mol. The Morgan fingerprint density at radius 1 is 1.42 bits per heavy atom. The van der Waals surface area contributed by atoms with E-state index in [9.17, 15) is 15.0 Å². The quantitative estimate of drug-likeness (QED) is 0.736. The van der Waals surface area contributed by atoms with E-state index < -0.39 is 17.8 Å². The van der Waals surface area contributed by atoms with Crippen molar-refractivity contribution in [3.63, 3.8) is 0 Å². The lowest BCUT2D eigenvalue weighted by Crippen LogP contribution is -2.27. The number of amides is 1. The number of hydrogen-bond donors (Lipinski definition) is 3. The van der Waals surface area contributed by atoms with Gasteiger partial charge >= 0.3 is 6.09 Å². The summed E-state index contributed by atoms with van der Waals surface area (Å²) in [4.78, 5) is 11.6. The van der Waals surface area contributed by atoms with Crippen molar-refractivity contribution >= 4 is 11.8 Å². The summed E-state index contributed by atoms with van der Waals surface area (Å²) in [6.07, 6.45) is -0.657. The SMILES string of the molecule is CC(O)Cc1ccc(NC(=O)OC(C)(C)C)c(O)c1. The van der Waals surface area contributed by atoms with E-state index in [-0.39, 0.29) is 11.4 Å². The van der Waals surface area contributed by atoms with Crippen molar-refractivity contribution in [2.24, 2.45) is 0 Å². The van der Waals surface area contributed by atoms with Crippen LogP contribution in [0.3, 0.4) is 0 Å². The van der Waals surface area contributed by atoms with Gasteiger partial charge in [-0.3, -0.25) is 5.32 Å². The normalized spacial score (nSPS) is 12.9. The lowest BCUT2D eigenvalue weighted by Gasteiger charge is -2.20. The average molecular weight is 267 g/mol. The van der Waals surface area contributed by atoms with Gasteiger partial charge in [-0.2, -0.15) is 0 Å². The number of nitrogens with one attached hydrogen (secondary N) is 1. The summed E-state index contributed by atoms with van der Waals surface area (Å²) in [5.74, 6) is -0.0518. The third kappa shape index (κ3) is 5.61. The van der Waals surface area contributed by atoms with E-state index in [1.807, 2.05) is 0 Å². The van der Waals surface area contributed by atoms with Gasteiger partial charge in [0.05, 0.1) is 11.8 Å². The molecule has 0 aliphatic heterocycles. The molecule has 3 N–H and O–H groups in total. The predicted octanol–water partition coefficient (Wildman–Crippen LogP) is 2.66. The number of carbonyl (C=O) groups is 1. The van der Waals surface area contributed by atoms with E-state index in [0.29, 0.717) is 6.42 Å². The molecule has 1 unspecified atom stereocenters. The molecular formula is C14H21NO4. The summed E-state index contributed by atoms with van der Waals surface area (Å²) in [6, 6.07) is 4.83. The van der Waals surface area contributed by atoms with Crippen LogP contribution in [-0.2, 0) is 11.2 Å². The second-order valence-electron chi connectivity index (χ2n) is 5.53. The maximum atomic E-state index is 11.6. The summed E-state index contributed by atoms with van der Waals surface area (Å²) in [5, 5.41) is 21.5. The van der Waals surface area contributed by atoms with Crippen LogP contribution in [0.25, 0.3) is 0 Å². The third-order valence-corrected chi connectivity index (χ3v) is 2.23. The number of phenols is 1. The number of hydrogen-bond acceptors (Lipinski definition) is 4. The molecule has 0 radical (unpaired) electrons. The van der Waals surface area contributed by atoms with Crippen molar-refractivity contribution in [1.82, 2.24) is 0 Å². The minimum Gasteiger partial charge on any atom is -0.506 e. The summed E-state index contributed by atoms with van der Waals surface area (Å²) in [5.41, 5.74) is 0.484. The van der Waals surface area contributed by atoms with E-state index in [1.165, 1.54) is 6.07 Å². The van der Waals surface area contributed by atoms with Crippen LogP contribution in [0.1, 0.15) is 33.3 Å². The fourth-order valence-corrected chi connectivity index (χ4v) is 1.56. The molecule has 0 heterocycles. The number of aliphatic hydroxyl groups is 1. The molecule has 0 aromatic heterocycles. The molecular weight excluding hydrogens is 246 g/mol. The first kappa shape index (κ1) is 15.3. The molecule has 1 rings (SSSR count). The smallest absolute Gasteiger partial charge is 0.412 e. The number of phenolic OH excluding ortho intramolecular Hbond substituents is 1. The summed E-state index contributed by atoms with van der Waals surface area (Å²) in [7, 11) is 0. The molecule has 5 heteroatoms. The number of ether oxygens (including phenoxy) is 1. The van der Waals surface area contributed by atoms with E-state index in [1.54, 1.807) is 39.8 Å². The monoisotopic (exact) mass is 267 g/mol. The molecule has 0 aliphatic carbocycles. The zero-order valence-electron chi connectivity index (χ0n) is 11.7. The third-order valence-electron chi connectivity index (χ3n) is 2.23. The molecule has 1 aromatic rings. The van der Waals surface area contributed by atoms with Crippen molar-refractivity contribution in [3.8, 4) is 5.75 Å². The second-order valence-corrected chi connectivity index (χ2v) is 5.53. The van der Waals surface area contributed by atoms with Crippen molar-refractivity contribution in [3.05, 3.63) is 23.8 Å². The number of rotatable bonds is 3. The Morgan fingerprint density at radius 3 is 2.53 bits per heavy atom. The largest absolute Gasteiger partial charge is 0.506 e. The van der Waals surface area contributed by atoms with Crippen LogP contribution in [0.2, 0.25) is 0 Å². The Morgan fingerprint density at radius 2 is 2.05 bits per heavy atom. The highest BCUT2D eigenvalue weighted by Gasteiger charge is 2.17. The molecule has 0 fully saturated rings. The van der Waals surface area contributed by atoms with Crippen molar-refractivity contribution in [2.75, 3.05) is 5.32 Å². The molecule has 0 saturated carbocycles. The van der Waals surface area contributed by atoms with Crippen LogP contribution in [0.4, 0.5) is 10.5 Å². The zero-order chi connectivity index (χ0) is 14.6. The highest BCUT2D eigenvalue weighted by Crippen LogP contribution is 2.25. The van der Waals surface area contributed by atoms with Gasteiger partial charge in [-0.1, -0.05) is 6.07 Å². The van der Waals surface area contributed by atoms with E-state index >= 15 is 0 Å². The van der Waals surface area contributed by atoms with E-state index in [2.05, 4.69) is 5.32 Å². The van der Waals surface area contributed by atoms with Gasteiger partial charge in [0.25, 0.3) is 0 Å². The minimum absolute atomic E-state index is 0.0518. The molecule has 1 atom stereocenters. The Hall–Kier alpha value is -1.75. The summed E-state index contributed by atoms with van der Waals surface area (Å²) < 4.78 is 5.09. The molecule has 1 aromatic carbocycles. The van der Waals surface area contributed by atoms with Crippen molar-refractivity contribution in [1.29, 1.82) is 0 Å². The summed E-state index contributed by atoms with van der Waals surface area (Å²) >= 11 is 0. The molecule has 0 saturated heterocycles. The van der Waals surface area contributed by atoms with Gasteiger partial charge in [0.2, 0.25) is 0 Å². The number of aromatic hydroxyl groups is 1. The van der Waals surface area contributed by atoms with Gasteiger partial charge in [-0.25, -0.2) is 4.79 Å². The van der Waals surface area contributed by atoms with Crippen LogP contribution < -0.4 is 5.32 Å². The number of aliphatic hydroxyl groups excluding tert-OH is 1. The van der Waals surface area contributed by atoms with Crippen LogP contribution in [-0.4, -0.2) is 28.0 Å². The lowest BCUT2D eigenvalue weighted by molar-refractivity contribution is 0.0635. The minimum atomic E-state index is -0.619. The fourth-order valence-electron chi connectivity index (χ4n) is 1.56. The first-order valence-corrected chi connectivity index (χ1v) is 6.17. The van der Waals surface area contributed by atoms with Gasteiger partial charge in [0, 0.05) is 0 Å². The van der Waals surface area contributed by atoms with Crippen molar-refractivity contribution in [2.45, 2.75) is 45.8 Å². The van der Waals surface area contributed by atoms with Crippen LogP contribution in [0.15, 0.2) is 18.2 Å². The molecule has 19 heavy (non-hydrogen) atoms. The highest BCUT2D eigenvalue weighted by atomic mass is 16.6. The average Bonchev–Trinajstić information content (AvgIpc) is 2.18. The van der Waals surface area contributed by atoms with E-state index in [4.69, 9.17) is 4.74 Å². The van der Waals surface area contributed by atoms with Crippen LogP contribution in [0.5, 0.6) is 5.75 Å². The number of carbonyl (C=O) groups excluding carboxylic acids is 1. The first-order valence-electron chi connectivity index (χ1n) is 6.17. The summed E-state index contributed by atoms with van der Waals surface area (Å²) in [6.45, 7) is 6.96. The zero-order valence-corrected chi connectivity index (χ0v) is 11.7. The van der Waals surface area contributed by atoms with Gasteiger partial charge in [-0.15, -0.1) is 0 Å². The molecule has 5 nitrogen and oxygen atoms in total. The van der Waals surface area contributed by atoms with Crippen molar-refractivity contribution < 1.29 is 19.7 Å².